The van der Waals surface area contributed by atoms with Crippen LogP contribution in [0.5, 0.6) is 0 Å². The largest absolute Gasteiger partial charge is 0.462 e. The molecular weight excluding hydrogens is 220 g/mol. The van der Waals surface area contributed by atoms with Gasteiger partial charge in [0.1, 0.15) is 0 Å². The van der Waals surface area contributed by atoms with Crippen LogP contribution in [-0.2, 0) is 4.74 Å². The molecule has 1 aliphatic carbocycles. The highest BCUT2D eigenvalue weighted by Gasteiger charge is 2.42. The molecule has 0 bridgehead atoms. The van der Waals surface area contributed by atoms with Crippen molar-refractivity contribution in [3.05, 3.63) is 35.9 Å². The zero-order chi connectivity index (χ0) is 12.3. The van der Waals surface area contributed by atoms with Gasteiger partial charge in [0.25, 0.3) is 0 Å². The van der Waals surface area contributed by atoms with E-state index in [1.807, 2.05) is 6.07 Å². The second-order valence-electron chi connectivity index (χ2n) is 4.62. The molecule has 17 heavy (non-hydrogen) atoms. The molecule has 92 valence electrons. The zero-order valence-electron chi connectivity index (χ0n) is 9.50. The molecule has 0 saturated heterocycles. The Morgan fingerprint density at radius 2 is 2.00 bits per heavy atom. The lowest BCUT2D eigenvalue weighted by atomic mass is 9.72. The maximum Gasteiger partial charge on any atom is 0.338 e. The average molecular weight is 236 g/mol. The first kappa shape index (κ1) is 12.1. The molecule has 1 saturated carbocycles. The molecule has 2 N–H and O–H groups in total. The van der Waals surface area contributed by atoms with E-state index >= 15 is 0 Å². The SMILES string of the molecule is O=C(OCC1CC(O)(CO)C1)c1ccccc1. The van der Waals surface area contributed by atoms with Gasteiger partial charge < -0.3 is 14.9 Å². The van der Waals surface area contributed by atoms with Crippen LogP contribution in [-0.4, -0.2) is 35.0 Å². The van der Waals surface area contributed by atoms with Crippen LogP contribution in [0, 0.1) is 5.92 Å². The normalized spacial score (nSPS) is 27.3. The van der Waals surface area contributed by atoms with Gasteiger partial charge in [-0.2, -0.15) is 0 Å². The van der Waals surface area contributed by atoms with Crippen molar-refractivity contribution in [2.75, 3.05) is 13.2 Å². The summed E-state index contributed by atoms with van der Waals surface area (Å²) in [5.74, 6) is -0.190. The van der Waals surface area contributed by atoms with E-state index in [4.69, 9.17) is 9.84 Å². The van der Waals surface area contributed by atoms with Crippen LogP contribution < -0.4 is 0 Å². The van der Waals surface area contributed by atoms with E-state index in [1.165, 1.54) is 0 Å². The number of rotatable bonds is 4. The van der Waals surface area contributed by atoms with Gasteiger partial charge in [0.15, 0.2) is 0 Å². The highest BCUT2D eigenvalue weighted by molar-refractivity contribution is 5.89. The Morgan fingerprint density at radius 1 is 1.35 bits per heavy atom. The summed E-state index contributed by atoms with van der Waals surface area (Å²) >= 11 is 0. The standard InChI is InChI=1S/C13H16O4/c14-9-13(16)6-10(7-13)8-17-12(15)11-4-2-1-3-5-11/h1-5,10,14,16H,6-9H2. The molecule has 0 atom stereocenters. The van der Waals surface area contributed by atoms with Gasteiger partial charge in [-0.15, -0.1) is 0 Å². The summed E-state index contributed by atoms with van der Waals surface area (Å²) in [7, 11) is 0. The summed E-state index contributed by atoms with van der Waals surface area (Å²) in [6, 6.07) is 8.80. The molecule has 0 amide bonds. The number of hydrogen-bond acceptors (Lipinski definition) is 4. The van der Waals surface area contributed by atoms with Gasteiger partial charge in [0.05, 0.1) is 24.4 Å². The van der Waals surface area contributed by atoms with Crippen molar-refractivity contribution in [2.24, 2.45) is 5.92 Å². The number of aliphatic hydroxyl groups excluding tert-OH is 1. The monoisotopic (exact) mass is 236 g/mol. The van der Waals surface area contributed by atoms with Crippen molar-refractivity contribution >= 4 is 5.97 Å². The highest BCUT2D eigenvalue weighted by Crippen LogP contribution is 2.37. The van der Waals surface area contributed by atoms with E-state index in [2.05, 4.69) is 0 Å². The van der Waals surface area contributed by atoms with Crippen LogP contribution in [0.2, 0.25) is 0 Å². The Bertz CT molecular complexity index is 382. The Hall–Kier alpha value is -1.39. The first-order valence-electron chi connectivity index (χ1n) is 5.68. The van der Waals surface area contributed by atoms with Crippen LogP contribution in [0.25, 0.3) is 0 Å². The molecule has 4 nitrogen and oxygen atoms in total. The van der Waals surface area contributed by atoms with Crippen LogP contribution in [0.3, 0.4) is 0 Å². The van der Waals surface area contributed by atoms with Crippen molar-refractivity contribution in [1.82, 2.24) is 0 Å². The van der Waals surface area contributed by atoms with Gasteiger partial charge in [-0.05, 0) is 30.9 Å². The minimum Gasteiger partial charge on any atom is -0.462 e. The first-order chi connectivity index (χ1) is 8.13. The Morgan fingerprint density at radius 3 is 2.59 bits per heavy atom. The van der Waals surface area contributed by atoms with Crippen LogP contribution in [0.1, 0.15) is 23.2 Å². The van der Waals surface area contributed by atoms with E-state index < -0.39 is 5.60 Å². The highest BCUT2D eigenvalue weighted by atomic mass is 16.5. The molecule has 0 aliphatic heterocycles. The van der Waals surface area contributed by atoms with Gasteiger partial charge in [-0.25, -0.2) is 4.79 Å². The van der Waals surface area contributed by atoms with Crippen LogP contribution in [0.4, 0.5) is 0 Å². The van der Waals surface area contributed by atoms with E-state index in [1.54, 1.807) is 24.3 Å². The second kappa shape index (κ2) is 4.85. The average Bonchev–Trinajstić information content (AvgIpc) is 2.34. The van der Waals surface area contributed by atoms with E-state index in [-0.39, 0.29) is 18.5 Å². The first-order valence-corrected chi connectivity index (χ1v) is 5.68. The quantitative estimate of drug-likeness (QED) is 0.765. The fourth-order valence-electron chi connectivity index (χ4n) is 2.11. The fourth-order valence-corrected chi connectivity index (χ4v) is 2.11. The fraction of sp³-hybridized carbons (Fsp3) is 0.462. The number of ether oxygens (including phenoxy) is 1. The molecule has 1 aromatic carbocycles. The molecule has 0 spiro atoms. The molecule has 4 heteroatoms. The van der Waals surface area contributed by atoms with Crippen molar-refractivity contribution in [3.8, 4) is 0 Å². The van der Waals surface area contributed by atoms with Crippen molar-refractivity contribution < 1.29 is 19.7 Å². The van der Waals surface area contributed by atoms with Crippen LogP contribution in [0.15, 0.2) is 30.3 Å². The molecule has 1 aromatic rings. The van der Waals surface area contributed by atoms with Gasteiger partial charge in [-0.1, -0.05) is 18.2 Å². The van der Waals surface area contributed by atoms with E-state index in [0.717, 1.165) is 0 Å². The maximum atomic E-state index is 11.6. The van der Waals surface area contributed by atoms with Crippen molar-refractivity contribution in [3.63, 3.8) is 0 Å². The molecule has 0 radical (unpaired) electrons. The predicted molar refractivity (Wildman–Crippen MR) is 61.5 cm³/mol. The van der Waals surface area contributed by atoms with Crippen molar-refractivity contribution in [2.45, 2.75) is 18.4 Å². The van der Waals surface area contributed by atoms with Gasteiger partial charge in [0.2, 0.25) is 0 Å². The Kier molecular flexibility index (Phi) is 3.45. The van der Waals surface area contributed by atoms with Gasteiger partial charge in [0, 0.05) is 0 Å². The molecule has 0 unspecified atom stereocenters. The zero-order valence-corrected chi connectivity index (χ0v) is 9.50. The summed E-state index contributed by atoms with van der Waals surface area (Å²) < 4.78 is 5.14. The minimum atomic E-state index is -0.955. The number of hydrogen-bond donors (Lipinski definition) is 2. The number of benzene rings is 1. The van der Waals surface area contributed by atoms with Gasteiger partial charge in [-0.3, -0.25) is 0 Å². The molecule has 1 fully saturated rings. The molecule has 1 aliphatic rings. The Labute approximate surface area is 99.8 Å². The molecular formula is C13H16O4. The second-order valence-corrected chi connectivity index (χ2v) is 4.62. The third kappa shape index (κ3) is 2.84. The smallest absolute Gasteiger partial charge is 0.338 e. The molecule has 2 rings (SSSR count). The van der Waals surface area contributed by atoms with Crippen LogP contribution >= 0.6 is 0 Å². The summed E-state index contributed by atoms with van der Waals surface area (Å²) in [6.45, 7) is 0.0756. The molecule has 0 heterocycles. The van der Waals surface area contributed by atoms with E-state index in [9.17, 15) is 9.90 Å². The number of esters is 1. The number of carbonyl (C=O) groups excluding carboxylic acids is 1. The minimum absolute atomic E-state index is 0.153. The lowest BCUT2D eigenvalue weighted by molar-refractivity contribution is -0.118. The molecule has 0 aromatic heterocycles. The topological polar surface area (TPSA) is 66.8 Å². The van der Waals surface area contributed by atoms with E-state index in [0.29, 0.717) is 25.0 Å². The number of carbonyl (C=O) groups is 1. The Balaban J connectivity index is 1.76. The maximum absolute atomic E-state index is 11.6. The summed E-state index contributed by atoms with van der Waals surface area (Å²) in [5.41, 5.74) is -0.423. The third-order valence-corrected chi connectivity index (χ3v) is 3.09. The lowest BCUT2D eigenvalue weighted by Gasteiger charge is -2.41. The van der Waals surface area contributed by atoms with Crippen molar-refractivity contribution in [1.29, 1.82) is 0 Å². The van der Waals surface area contributed by atoms with Gasteiger partial charge >= 0.3 is 5.97 Å². The summed E-state index contributed by atoms with van der Waals surface area (Å²) in [5, 5.41) is 18.4. The lowest BCUT2D eigenvalue weighted by Crippen LogP contribution is -2.48. The number of aliphatic hydroxyl groups is 2. The summed E-state index contributed by atoms with van der Waals surface area (Å²) in [4.78, 5) is 11.6. The summed E-state index contributed by atoms with van der Waals surface area (Å²) in [6.07, 6.45) is 0.983. The predicted octanol–water partition coefficient (Wildman–Crippen LogP) is 0.977. The third-order valence-electron chi connectivity index (χ3n) is 3.09.